The summed E-state index contributed by atoms with van der Waals surface area (Å²) >= 11 is 0. The van der Waals surface area contributed by atoms with Crippen molar-refractivity contribution in [2.24, 2.45) is 11.7 Å². The van der Waals surface area contributed by atoms with Crippen LogP contribution in [0.4, 0.5) is 0 Å². The van der Waals surface area contributed by atoms with Crippen molar-refractivity contribution in [1.82, 2.24) is 0 Å². The third kappa shape index (κ3) is 3.86. The first-order valence-corrected chi connectivity index (χ1v) is 10.1. The lowest BCUT2D eigenvalue weighted by Gasteiger charge is -2.43. The van der Waals surface area contributed by atoms with Crippen LogP contribution in [0, 0.1) is 11.3 Å². The molecule has 1 saturated carbocycles. The number of nitrogens with two attached hydrogens (primary N) is 1. The molecular formula is C11H24N2O7P2. The second-order valence-corrected chi connectivity index (χ2v) is 10.1. The van der Waals surface area contributed by atoms with Crippen LogP contribution in [0.25, 0.3) is 0 Å². The Balaban J connectivity index is 3.04. The zero-order valence-corrected chi connectivity index (χ0v) is 14.1. The Labute approximate surface area is 128 Å². The molecule has 0 heterocycles. The molecule has 0 spiro atoms. The van der Waals surface area contributed by atoms with Gasteiger partial charge in [0.1, 0.15) is 0 Å². The molecule has 1 fully saturated rings. The van der Waals surface area contributed by atoms with Crippen LogP contribution in [-0.2, 0) is 9.13 Å². The lowest BCUT2D eigenvalue weighted by atomic mass is 9.69. The molecule has 0 saturated heterocycles. The van der Waals surface area contributed by atoms with E-state index in [0.29, 0.717) is 18.6 Å². The minimum absolute atomic E-state index is 0.194. The summed E-state index contributed by atoms with van der Waals surface area (Å²) in [5, 5.41) is 14.3. The molecule has 22 heavy (non-hydrogen) atoms. The van der Waals surface area contributed by atoms with Crippen LogP contribution in [0.15, 0.2) is 0 Å². The van der Waals surface area contributed by atoms with Crippen molar-refractivity contribution in [2.45, 2.75) is 56.1 Å². The van der Waals surface area contributed by atoms with E-state index in [9.17, 15) is 14.2 Å². The highest BCUT2D eigenvalue weighted by Crippen LogP contribution is 2.69. The normalized spacial score (nSPS) is 27.7. The van der Waals surface area contributed by atoms with E-state index < -0.39 is 32.2 Å². The SMILES string of the molecule is CC(=N)C1CCCCC1(N)CCC(O)(P(=O)(O)O)P(=O)(O)O. The van der Waals surface area contributed by atoms with Crippen molar-refractivity contribution in [3.63, 3.8) is 0 Å². The highest BCUT2D eigenvalue weighted by atomic mass is 31.2. The van der Waals surface area contributed by atoms with Crippen molar-refractivity contribution in [3.8, 4) is 0 Å². The summed E-state index contributed by atoms with van der Waals surface area (Å²) in [6.45, 7) is 1.58. The van der Waals surface area contributed by atoms with Gasteiger partial charge >= 0.3 is 15.2 Å². The predicted molar refractivity (Wildman–Crippen MR) is 80.5 cm³/mol. The molecule has 0 aromatic heterocycles. The molecule has 0 bridgehead atoms. The largest absolute Gasteiger partial charge is 0.369 e. The van der Waals surface area contributed by atoms with E-state index in [-0.39, 0.29) is 12.3 Å². The predicted octanol–water partition coefficient (Wildman–Crippen LogP) is 0.695. The van der Waals surface area contributed by atoms with Gasteiger partial charge < -0.3 is 35.8 Å². The zero-order chi connectivity index (χ0) is 17.4. The van der Waals surface area contributed by atoms with Crippen molar-refractivity contribution < 1.29 is 33.8 Å². The van der Waals surface area contributed by atoms with Gasteiger partial charge in [-0.1, -0.05) is 12.8 Å². The molecule has 1 rings (SSSR count). The van der Waals surface area contributed by atoms with Crippen molar-refractivity contribution >= 4 is 20.9 Å². The first kappa shape index (κ1) is 19.9. The second kappa shape index (κ2) is 6.42. The van der Waals surface area contributed by atoms with Gasteiger partial charge in [0.15, 0.2) is 0 Å². The van der Waals surface area contributed by atoms with Gasteiger partial charge in [-0.15, -0.1) is 0 Å². The maximum Gasteiger partial charge on any atom is 0.369 e. The molecule has 0 aromatic carbocycles. The molecular weight excluding hydrogens is 334 g/mol. The fraction of sp³-hybridized carbons (Fsp3) is 0.909. The first-order chi connectivity index (χ1) is 9.75. The standard InChI is InChI=1S/C11H24N2O7P2/c1-8(12)9-4-2-3-5-10(9,13)6-7-11(14,21(15,16)17)22(18,19)20/h9,12,14H,2-7,13H2,1H3,(H2,15,16,17)(H2,18,19,20). The van der Waals surface area contributed by atoms with Crippen LogP contribution in [0.1, 0.15) is 45.4 Å². The van der Waals surface area contributed by atoms with Crippen molar-refractivity contribution in [1.29, 1.82) is 5.41 Å². The van der Waals surface area contributed by atoms with Crippen LogP contribution in [0.3, 0.4) is 0 Å². The maximum atomic E-state index is 11.4. The molecule has 11 heteroatoms. The number of aliphatic hydroxyl groups is 1. The summed E-state index contributed by atoms with van der Waals surface area (Å²) in [4.78, 5) is 36.6. The minimum Gasteiger partial charge on any atom is -0.368 e. The van der Waals surface area contributed by atoms with Crippen LogP contribution >= 0.6 is 15.2 Å². The lowest BCUT2D eigenvalue weighted by Crippen LogP contribution is -2.52. The average molecular weight is 358 g/mol. The van der Waals surface area contributed by atoms with E-state index in [1.807, 2.05) is 0 Å². The van der Waals surface area contributed by atoms with Gasteiger partial charge in [-0.3, -0.25) is 9.13 Å². The highest BCUT2D eigenvalue weighted by molar-refractivity contribution is 7.72. The summed E-state index contributed by atoms with van der Waals surface area (Å²) in [7, 11) is -10.9. The third-order valence-corrected chi connectivity index (χ3v) is 8.34. The van der Waals surface area contributed by atoms with E-state index in [1.54, 1.807) is 6.92 Å². The monoisotopic (exact) mass is 358 g/mol. The second-order valence-electron chi connectivity index (χ2n) is 6.08. The Kier molecular flexibility index (Phi) is 5.81. The Morgan fingerprint density at radius 1 is 1.27 bits per heavy atom. The zero-order valence-electron chi connectivity index (χ0n) is 12.3. The van der Waals surface area contributed by atoms with Gasteiger partial charge in [0.05, 0.1) is 0 Å². The number of hydrogen-bond donors (Lipinski definition) is 7. The number of hydrogen-bond acceptors (Lipinski definition) is 5. The molecule has 0 aromatic rings. The van der Waals surface area contributed by atoms with Gasteiger partial charge in [0.25, 0.3) is 5.08 Å². The molecule has 1 aliphatic rings. The van der Waals surface area contributed by atoms with E-state index >= 15 is 0 Å². The maximum absolute atomic E-state index is 11.4. The number of rotatable bonds is 6. The van der Waals surface area contributed by atoms with Crippen LogP contribution in [-0.4, -0.2) is 41.0 Å². The highest BCUT2D eigenvalue weighted by Gasteiger charge is 2.59. The topological polar surface area (TPSA) is 185 Å². The Morgan fingerprint density at radius 2 is 1.77 bits per heavy atom. The molecule has 0 amide bonds. The quantitative estimate of drug-likeness (QED) is 0.267. The van der Waals surface area contributed by atoms with Crippen molar-refractivity contribution in [2.75, 3.05) is 0 Å². The Bertz CT molecular complexity index is 507. The van der Waals surface area contributed by atoms with E-state index in [0.717, 1.165) is 12.8 Å². The molecule has 2 atom stereocenters. The summed E-state index contributed by atoms with van der Waals surface area (Å²) in [6, 6.07) is 0. The summed E-state index contributed by atoms with van der Waals surface area (Å²) in [6.07, 6.45) is 1.69. The lowest BCUT2D eigenvalue weighted by molar-refractivity contribution is 0.104. The van der Waals surface area contributed by atoms with Gasteiger partial charge in [-0.05, 0) is 26.2 Å². The minimum atomic E-state index is -5.47. The molecule has 1 aliphatic carbocycles. The number of nitrogens with one attached hydrogen (secondary N) is 1. The molecule has 9 nitrogen and oxygen atoms in total. The molecule has 8 N–H and O–H groups in total. The third-order valence-electron chi connectivity index (χ3n) is 4.46. The van der Waals surface area contributed by atoms with Gasteiger partial charge in [-0.25, -0.2) is 0 Å². The first-order valence-electron chi connectivity index (χ1n) is 6.92. The average Bonchev–Trinajstić information content (AvgIpc) is 2.33. The Morgan fingerprint density at radius 3 is 2.18 bits per heavy atom. The van der Waals surface area contributed by atoms with Gasteiger partial charge in [0, 0.05) is 23.6 Å². The molecule has 0 aliphatic heterocycles. The molecule has 130 valence electrons. The van der Waals surface area contributed by atoms with Crippen molar-refractivity contribution in [3.05, 3.63) is 0 Å². The summed E-state index contributed by atoms with van der Waals surface area (Å²) in [5.74, 6) is -0.334. The van der Waals surface area contributed by atoms with Gasteiger partial charge in [0.2, 0.25) is 0 Å². The van der Waals surface area contributed by atoms with Crippen LogP contribution < -0.4 is 5.73 Å². The van der Waals surface area contributed by atoms with E-state index in [2.05, 4.69) is 0 Å². The van der Waals surface area contributed by atoms with Crippen LogP contribution in [0.5, 0.6) is 0 Å². The fourth-order valence-corrected chi connectivity index (χ4v) is 5.24. The van der Waals surface area contributed by atoms with Crippen LogP contribution in [0.2, 0.25) is 0 Å². The van der Waals surface area contributed by atoms with E-state index in [4.69, 9.17) is 30.7 Å². The summed E-state index contributed by atoms with van der Waals surface area (Å²) in [5.41, 5.74) is 5.55. The van der Waals surface area contributed by atoms with Gasteiger partial charge in [-0.2, -0.15) is 0 Å². The smallest absolute Gasteiger partial charge is 0.368 e. The fourth-order valence-electron chi connectivity index (χ4n) is 3.07. The molecule has 0 radical (unpaired) electrons. The summed E-state index contributed by atoms with van der Waals surface area (Å²) < 4.78 is 22.7. The Hall–Kier alpha value is -0.110. The van der Waals surface area contributed by atoms with E-state index in [1.165, 1.54) is 0 Å². The molecule has 2 unspecified atom stereocenters.